The molecule has 1 atom stereocenters. The van der Waals surface area contributed by atoms with E-state index >= 15 is 0 Å². The van der Waals surface area contributed by atoms with Crippen molar-refractivity contribution in [3.05, 3.63) is 75.3 Å². The van der Waals surface area contributed by atoms with Crippen LogP contribution >= 0.6 is 11.8 Å². The van der Waals surface area contributed by atoms with Crippen LogP contribution in [0.25, 0.3) is 0 Å². The zero-order chi connectivity index (χ0) is 24.5. The minimum Gasteiger partial charge on any atom is -0.340 e. The first-order valence-electron chi connectivity index (χ1n) is 11.5. The Labute approximate surface area is 204 Å². The van der Waals surface area contributed by atoms with E-state index in [1.165, 1.54) is 35.4 Å². The molecule has 0 radical (unpaired) electrons. The largest absolute Gasteiger partial charge is 0.340 e. The lowest BCUT2D eigenvalue weighted by Crippen LogP contribution is -2.49. The van der Waals surface area contributed by atoms with E-state index in [0.717, 1.165) is 31.8 Å². The van der Waals surface area contributed by atoms with Gasteiger partial charge in [-0.25, -0.2) is 0 Å². The van der Waals surface area contributed by atoms with Crippen molar-refractivity contribution in [2.45, 2.75) is 32.4 Å². The van der Waals surface area contributed by atoms with Gasteiger partial charge in [0.15, 0.2) is 0 Å². The third-order valence-electron chi connectivity index (χ3n) is 6.09. The molecule has 0 bridgehead atoms. The van der Waals surface area contributed by atoms with Crippen LogP contribution in [0.2, 0.25) is 0 Å². The zero-order valence-electron chi connectivity index (χ0n) is 19.7. The highest BCUT2D eigenvalue weighted by Crippen LogP contribution is 2.16. The van der Waals surface area contributed by atoms with Crippen LogP contribution in [-0.4, -0.2) is 70.8 Å². The van der Waals surface area contributed by atoms with Gasteiger partial charge >= 0.3 is 0 Å². The van der Waals surface area contributed by atoms with Crippen LogP contribution in [-0.2, 0) is 11.3 Å². The zero-order valence-corrected chi connectivity index (χ0v) is 20.6. The number of carbonyl (C=O) groups excluding carboxylic acids is 2. The summed E-state index contributed by atoms with van der Waals surface area (Å²) >= 11 is 1.61. The Balaban J connectivity index is 1.65. The number of nitro groups is 1. The Morgan fingerprint density at radius 2 is 1.91 bits per heavy atom. The van der Waals surface area contributed by atoms with Crippen LogP contribution in [0.3, 0.4) is 0 Å². The second-order valence-electron chi connectivity index (χ2n) is 8.50. The van der Waals surface area contributed by atoms with Crippen molar-refractivity contribution in [3.63, 3.8) is 0 Å². The predicted octanol–water partition coefficient (Wildman–Crippen LogP) is 3.49. The van der Waals surface area contributed by atoms with E-state index in [4.69, 9.17) is 0 Å². The van der Waals surface area contributed by atoms with Crippen LogP contribution in [0.5, 0.6) is 0 Å². The number of amides is 2. The minimum absolute atomic E-state index is 0.0921. The normalized spacial score (nSPS) is 15.4. The lowest BCUT2D eigenvalue weighted by molar-refractivity contribution is -0.384. The summed E-state index contributed by atoms with van der Waals surface area (Å²) in [5, 5.41) is 13.9. The smallest absolute Gasteiger partial charge is 0.270 e. The minimum atomic E-state index is -0.665. The van der Waals surface area contributed by atoms with E-state index in [9.17, 15) is 19.7 Å². The van der Waals surface area contributed by atoms with Gasteiger partial charge in [-0.1, -0.05) is 30.3 Å². The molecule has 2 aromatic carbocycles. The Bertz CT molecular complexity index is 1020. The highest BCUT2D eigenvalue weighted by molar-refractivity contribution is 7.98. The molecule has 1 fully saturated rings. The number of hydrogen-bond acceptors (Lipinski definition) is 6. The maximum absolute atomic E-state index is 13.4. The van der Waals surface area contributed by atoms with Gasteiger partial charge in [-0.15, -0.1) is 0 Å². The van der Waals surface area contributed by atoms with Gasteiger partial charge in [0.1, 0.15) is 6.04 Å². The summed E-state index contributed by atoms with van der Waals surface area (Å²) in [6.07, 6.45) is 3.33. The third-order valence-corrected chi connectivity index (χ3v) is 6.73. The summed E-state index contributed by atoms with van der Waals surface area (Å²) in [5.74, 6) is 0.156. The Morgan fingerprint density at radius 1 is 1.12 bits per heavy atom. The third kappa shape index (κ3) is 7.04. The van der Waals surface area contributed by atoms with Crippen LogP contribution in [0.1, 0.15) is 34.3 Å². The molecule has 1 saturated heterocycles. The summed E-state index contributed by atoms with van der Waals surface area (Å²) in [6, 6.07) is 13.3. The van der Waals surface area contributed by atoms with Crippen LogP contribution < -0.4 is 5.32 Å². The fraction of sp³-hybridized carbons (Fsp3) is 0.440. The van der Waals surface area contributed by atoms with Gasteiger partial charge in [0.25, 0.3) is 11.6 Å². The maximum atomic E-state index is 13.4. The highest BCUT2D eigenvalue weighted by Gasteiger charge is 2.28. The summed E-state index contributed by atoms with van der Waals surface area (Å²) in [7, 11) is 0. The standard InChI is InChI=1S/C25H32N4O4S/c1-19-7-3-4-8-21(19)18-27-12-6-13-28(15-14-27)25(31)23(11-16-34-2)26-24(30)20-9-5-10-22(17-20)29(32)33/h3-5,7-10,17,23H,6,11-16,18H2,1-2H3,(H,26,30). The van der Waals surface area contributed by atoms with Crippen LogP contribution in [0.15, 0.2) is 48.5 Å². The van der Waals surface area contributed by atoms with Gasteiger partial charge in [-0.3, -0.25) is 24.6 Å². The van der Waals surface area contributed by atoms with Gasteiger partial charge in [0.2, 0.25) is 5.91 Å². The van der Waals surface area contributed by atoms with Gasteiger partial charge < -0.3 is 10.2 Å². The SMILES string of the molecule is CSCCC(NC(=O)c1cccc([N+](=O)[O-])c1)C(=O)N1CCCN(Cc2ccccc2C)CC1. The molecule has 2 amide bonds. The van der Waals surface area contributed by atoms with Crippen molar-refractivity contribution < 1.29 is 14.5 Å². The van der Waals surface area contributed by atoms with Gasteiger partial charge in [-0.05, 0) is 49.0 Å². The molecule has 0 spiro atoms. The summed E-state index contributed by atoms with van der Waals surface area (Å²) in [6.45, 7) is 5.90. The monoisotopic (exact) mass is 484 g/mol. The van der Waals surface area contributed by atoms with Crippen molar-refractivity contribution in [2.75, 3.05) is 38.2 Å². The van der Waals surface area contributed by atoms with Crippen molar-refractivity contribution in [2.24, 2.45) is 0 Å². The van der Waals surface area contributed by atoms with Crippen molar-refractivity contribution in [1.29, 1.82) is 0 Å². The van der Waals surface area contributed by atoms with E-state index < -0.39 is 16.9 Å². The Morgan fingerprint density at radius 3 is 2.65 bits per heavy atom. The number of non-ortho nitro benzene ring substituents is 1. The molecule has 3 rings (SSSR count). The van der Waals surface area contributed by atoms with E-state index in [1.807, 2.05) is 17.2 Å². The number of nitrogens with zero attached hydrogens (tertiary/aromatic N) is 3. The number of benzene rings is 2. The van der Waals surface area contributed by atoms with Gasteiger partial charge in [-0.2, -0.15) is 11.8 Å². The summed E-state index contributed by atoms with van der Waals surface area (Å²) in [5.41, 5.74) is 2.59. The number of nitro benzene ring substituents is 1. The van der Waals surface area contributed by atoms with E-state index in [2.05, 4.69) is 35.3 Å². The second-order valence-corrected chi connectivity index (χ2v) is 9.48. The number of hydrogen-bond donors (Lipinski definition) is 1. The summed E-state index contributed by atoms with van der Waals surface area (Å²) < 4.78 is 0. The van der Waals surface area contributed by atoms with Gasteiger partial charge in [0, 0.05) is 50.4 Å². The van der Waals surface area contributed by atoms with Gasteiger partial charge in [0.05, 0.1) is 4.92 Å². The molecule has 1 aliphatic heterocycles. The molecule has 2 aromatic rings. The molecule has 8 nitrogen and oxygen atoms in total. The molecule has 9 heteroatoms. The molecule has 1 heterocycles. The number of carbonyl (C=O) groups is 2. The molecular weight excluding hydrogens is 452 g/mol. The Kier molecular flexibility index (Phi) is 9.47. The molecule has 1 N–H and O–H groups in total. The average Bonchev–Trinajstić information content (AvgIpc) is 3.08. The molecule has 182 valence electrons. The first kappa shape index (κ1) is 25.7. The van der Waals surface area contributed by atoms with E-state index in [1.54, 1.807) is 11.8 Å². The van der Waals surface area contributed by atoms with E-state index in [0.29, 0.717) is 19.5 Å². The molecule has 1 unspecified atom stereocenters. The number of rotatable bonds is 9. The topological polar surface area (TPSA) is 95.8 Å². The maximum Gasteiger partial charge on any atom is 0.270 e. The molecule has 34 heavy (non-hydrogen) atoms. The second kappa shape index (κ2) is 12.5. The van der Waals surface area contributed by atoms with Crippen molar-refractivity contribution in [3.8, 4) is 0 Å². The first-order chi connectivity index (χ1) is 16.4. The fourth-order valence-electron chi connectivity index (χ4n) is 4.09. The lowest BCUT2D eigenvalue weighted by Gasteiger charge is -2.27. The van der Waals surface area contributed by atoms with Crippen molar-refractivity contribution >= 4 is 29.3 Å². The van der Waals surface area contributed by atoms with Crippen LogP contribution in [0, 0.1) is 17.0 Å². The number of nitrogens with one attached hydrogen (secondary N) is 1. The molecule has 0 saturated carbocycles. The van der Waals surface area contributed by atoms with E-state index in [-0.39, 0.29) is 17.2 Å². The summed E-state index contributed by atoms with van der Waals surface area (Å²) in [4.78, 5) is 40.9. The lowest BCUT2D eigenvalue weighted by atomic mass is 10.1. The molecule has 0 aliphatic carbocycles. The Hall–Kier alpha value is -2.91. The average molecular weight is 485 g/mol. The quantitative estimate of drug-likeness (QED) is 0.432. The first-order valence-corrected chi connectivity index (χ1v) is 12.9. The molecule has 0 aromatic heterocycles. The number of aryl methyl sites for hydroxylation is 1. The fourth-order valence-corrected chi connectivity index (χ4v) is 4.56. The molecule has 1 aliphatic rings. The van der Waals surface area contributed by atoms with Crippen LogP contribution in [0.4, 0.5) is 5.69 Å². The predicted molar refractivity (Wildman–Crippen MR) is 135 cm³/mol. The number of thioether (sulfide) groups is 1. The highest BCUT2D eigenvalue weighted by atomic mass is 32.2. The van der Waals surface area contributed by atoms with Crippen molar-refractivity contribution in [1.82, 2.24) is 15.1 Å². The molecular formula is C25H32N4O4S.